The van der Waals surface area contributed by atoms with E-state index in [1.54, 1.807) is 0 Å². The van der Waals surface area contributed by atoms with Crippen molar-refractivity contribution in [3.05, 3.63) is 35.6 Å². The third kappa shape index (κ3) is 2.04. The Labute approximate surface area is 106 Å². The molecule has 0 spiro atoms. The molecule has 96 valence electrons. The molecule has 0 saturated carbocycles. The van der Waals surface area contributed by atoms with Gasteiger partial charge in [-0.25, -0.2) is 0 Å². The van der Waals surface area contributed by atoms with Gasteiger partial charge in [0.2, 0.25) is 0 Å². The third-order valence-corrected chi connectivity index (χ3v) is 3.69. The minimum atomic E-state index is -0.558. The molecular weight excluding hydrogens is 228 g/mol. The maximum Gasteiger partial charge on any atom is 0.137 e. The second-order valence-electron chi connectivity index (χ2n) is 5.06. The summed E-state index contributed by atoms with van der Waals surface area (Å²) < 4.78 is 11.2. The van der Waals surface area contributed by atoms with Gasteiger partial charge in [0.05, 0.1) is 6.61 Å². The Kier molecular flexibility index (Phi) is 3.10. The highest BCUT2D eigenvalue weighted by Gasteiger charge is 2.26. The first-order valence-electron chi connectivity index (χ1n) is 6.50. The molecule has 3 rings (SSSR count). The molecule has 1 N–H and O–H groups in total. The number of furan rings is 1. The van der Waals surface area contributed by atoms with E-state index in [-0.39, 0.29) is 5.92 Å². The number of aliphatic hydroxyl groups excluding tert-OH is 1. The third-order valence-electron chi connectivity index (χ3n) is 3.69. The summed E-state index contributed by atoms with van der Waals surface area (Å²) in [6, 6.07) is 7.99. The molecule has 2 atom stereocenters. The van der Waals surface area contributed by atoms with Crippen molar-refractivity contribution < 1.29 is 14.3 Å². The lowest BCUT2D eigenvalue weighted by Gasteiger charge is -2.25. The monoisotopic (exact) mass is 246 g/mol. The largest absolute Gasteiger partial charge is 0.458 e. The molecule has 1 aromatic heterocycles. The van der Waals surface area contributed by atoms with E-state index in [1.165, 1.54) is 0 Å². The minimum absolute atomic E-state index is 0.152. The normalized spacial score (nSPS) is 22.2. The smallest absolute Gasteiger partial charge is 0.137 e. The summed E-state index contributed by atoms with van der Waals surface area (Å²) in [6.07, 6.45) is 1.45. The summed E-state index contributed by atoms with van der Waals surface area (Å²) in [5, 5.41) is 11.4. The first kappa shape index (κ1) is 11.8. The number of aliphatic hydroxyl groups is 1. The van der Waals surface area contributed by atoms with E-state index in [1.807, 2.05) is 31.2 Å². The van der Waals surface area contributed by atoms with Crippen molar-refractivity contribution in [2.24, 2.45) is 5.92 Å². The highest BCUT2D eigenvalue weighted by atomic mass is 16.5. The van der Waals surface area contributed by atoms with Crippen LogP contribution in [0.25, 0.3) is 11.0 Å². The average Bonchev–Trinajstić information content (AvgIpc) is 2.84. The van der Waals surface area contributed by atoms with Gasteiger partial charge in [-0.15, -0.1) is 0 Å². The van der Waals surface area contributed by atoms with Crippen LogP contribution in [-0.2, 0) is 4.74 Å². The summed E-state index contributed by atoms with van der Waals surface area (Å²) in [6.45, 7) is 3.45. The van der Waals surface area contributed by atoms with Gasteiger partial charge in [-0.05, 0) is 31.4 Å². The molecule has 0 radical (unpaired) electrons. The van der Waals surface area contributed by atoms with Gasteiger partial charge in [-0.3, -0.25) is 0 Å². The first-order chi connectivity index (χ1) is 8.75. The Morgan fingerprint density at radius 2 is 2.28 bits per heavy atom. The lowest BCUT2D eigenvalue weighted by Crippen LogP contribution is -2.23. The number of hydrogen-bond acceptors (Lipinski definition) is 3. The summed E-state index contributed by atoms with van der Waals surface area (Å²) in [5.74, 6) is 0.814. The predicted molar refractivity (Wildman–Crippen MR) is 69.5 cm³/mol. The fourth-order valence-corrected chi connectivity index (χ4v) is 2.62. The van der Waals surface area contributed by atoms with Gasteiger partial charge < -0.3 is 14.3 Å². The first-order valence-corrected chi connectivity index (χ1v) is 6.50. The number of rotatable bonds is 2. The molecule has 1 fully saturated rings. The van der Waals surface area contributed by atoms with E-state index in [2.05, 4.69) is 0 Å². The number of benzene rings is 1. The highest BCUT2D eigenvalue weighted by molar-refractivity contribution is 5.80. The van der Waals surface area contributed by atoms with Crippen LogP contribution in [0.4, 0.5) is 0 Å². The lowest BCUT2D eigenvalue weighted by atomic mass is 9.94. The van der Waals surface area contributed by atoms with Crippen molar-refractivity contribution >= 4 is 11.0 Å². The van der Waals surface area contributed by atoms with Crippen LogP contribution >= 0.6 is 0 Å². The number of para-hydroxylation sites is 1. The minimum Gasteiger partial charge on any atom is -0.458 e. The number of ether oxygens (including phenoxy) is 1. The molecule has 0 amide bonds. The topological polar surface area (TPSA) is 42.6 Å². The van der Waals surface area contributed by atoms with Gasteiger partial charge in [0.25, 0.3) is 0 Å². The van der Waals surface area contributed by atoms with Crippen LogP contribution in [0.3, 0.4) is 0 Å². The average molecular weight is 246 g/mol. The zero-order valence-corrected chi connectivity index (χ0v) is 10.6. The Bertz CT molecular complexity index is 538. The number of hydrogen-bond donors (Lipinski definition) is 1. The fourth-order valence-electron chi connectivity index (χ4n) is 2.62. The lowest BCUT2D eigenvalue weighted by molar-refractivity contribution is -0.0173. The Balaban J connectivity index is 1.91. The zero-order chi connectivity index (χ0) is 12.5. The van der Waals surface area contributed by atoms with Crippen LogP contribution in [0, 0.1) is 12.8 Å². The summed E-state index contributed by atoms with van der Waals surface area (Å²) in [5.41, 5.74) is 1.98. The molecule has 0 aliphatic carbocycles. The Morgan fingerprint density at radius 3 is 3.00 bits per heavy atom. The van der Waals surface area contributed by atoms with Crippen LogP contribution in [-0.4, -0.2) is 18.3 Å². The second-order valence-corrected chi connectivity index (χ2v) is 5.06. The summed E-state index contributed by atoms with van der Waals surface area (Å²) in [4.78, 5) is 0. The van der Waals surface area contributed by atoms with Crippen LogP contribution < -0.4 is 0 Å². The molecule has 18 heavy (non-hydrogen) atoms. The van der Waals surface area contributed by atoms with E-state index in [0.29, 0.717) is 12.4 Å². The maximum atomic E-state index is 10.4. The molecule has 1 saturated heterocycles. The van der Waals surface area contributed by atoms with Crippen molar-refractivity contribution in [2.75, 3.05) is 13.2 Å². The molecular formula is C15H18O3. The summed E-state index contributed by atoms with van der Waals surface area (Å²) >= 11 is 0. The molecule has 2 aromatic rings. The van der Waals surface area contributed by atoms with E-state index >= 15 is 0 Å². The molecule has 2 heterocycles. The zero-order valence-electron chi connectivity index (χ0n) is 10.6. The Morgan fingerprint density at radius 1 is 1.39 bits per heavy atom. The van der Waals surface area contributed by atoms with Crippen molar-refractivity contribution in [3.8, 4) is 0 Å². The van der Waals surface area contributed by atoms with Crippen LogP contribution in [0.2, 0.25) is 0 Å². The van der Waals surface area contributed by atoms with Crippen LogP contribution in [0.5, 0.6) is 0 Å². The van der Waals surface area contributed by atoms with Crippen molar-refractivity contribution in [3.63, 3.8) is 0 Å². The highest BCUT2D eigenvalue weighted by Crippen LogP contribution is 2.33. The predicted octanol–water partition coefficient (Wildman–Crippen LogP) is 3.20. The van der Waals surface area contributed by atoms with E-state index in [9.17, 15) is 5.11 Å². The van der Waals surface area contributed by atoms with Gasteiger partial charge in [-0.1, -0.05) is 18.2 Å². The molecule has 1 aromatic carbocycles. The SMILES string of the molecule is Cc1cccc2cc(C(O)C3CCCOC3)oc12. The van der Waals surface area contributed by atoms with E-state index in [0.717, 1.165) is 36.0 Å². The summed E-state index contributed by atoms with van der Waals surface area (Å²) in [7, 11) is 0. The van der Waals surface area contributed by atoms with Gasteiger partial charge in [0.15, 0.2) is 0 Å². The quantitative estimate of drug-likeness (QED) is 0.884. The molecule has 3 heteroatoms. The molecule has 2 unspecified atom stereocenters. The molecule has 0 bridgehead atoms. The molecule has 1 aliphatic rings. The van der Waals surface area contributed by atoms with E-state index < -0.39 is 6.10 Å². The van der Waals surface area contributed by atoms with E-state index in [4.69, 9.17) is 9.15 Å². The van der Waals surface area contributed by atoms with Gasteiger partial charge >= 0.3 is 0 Å². The second kappa shape index (κ2) is 4.75. The van der Waals surface area contributed by atoms with Gasteiger partial charge in [-0.2, -0.15) is 0 Å². The van der Waals surface area contributed by atoms with Crippen molar-refractivity contribution in [2.45, 2.75) is 25.9 Å². The van der Waals surface area contributed by atoms with Crippen LogP contribution in [0.15, 0.2) is 28.7 Å². The van der Waals surface area contributed by atoms with Crippen molar-refractivity contribution in [1.29, 1.82) is 0 Å². The van der Waals surface area contributed by atoms with Crippen molar-refractivity contribution in [1.82, 2.24) is 0 Å². The van der Waals surface area contributed by atoms with Gasteiger partial charge in [0.1, 0.15) is 17.4 Å². The molecule has 3 nitrogen and oxygen atoms in total. The standard InChI is InChI=1S/C15H18O3/c1-10-4-2-5-11-8-13(18-15(10)11)14(16)12-6-3-7-17-9-12/h2,4-5,8,12,14,16H,3,6-7,9H2,1H3. The molecule has 1 aliphatic heterocycles. The van der Waals surface area contributed by atoms with Crippen LogP contribution in [0.1, 0.15) is 30.3 Å². The number of fused-ring (bicyclic) bond motifs is 1. The maximum absolute atomic E-state index is 10.4. The Hall–Kier alpha value is -1.32. The number of aryl methyl sites for hydroxylation is 1. The van der Waals surface area contributed by atoms with Gasteiger partial charge in [0, 0.05) is 17.9 Å². The fraction of sp³-hybridized carbons (Fsp3) is 0.467.